The molecular weight excluding hydrogens is 320 g/mol. The van der Waals surface area contributed by atoms with E-state index in [1.807, 2.05) is 0 Å². The van der Waals surface area contributed by atoms with Crippen LogP contribution in [0.1, 0.15) is 10.4 Å². The topological polar surface area (TPSA) is 114 Å². The van der Waals surface area contributed by atoms with Crippen LogP contribution in [-0.2, 0) is 16.6 Å². The number of benzene rings is 1. The number of sulfonamides is 1. The Kier molecular flexibility index (Phi) is 4.56. The third-order valence-electron chi connectivity index (χ3n) is 2.58. The highest BCUT2D eigenvalue weighted by molar-refractivity contribution is 7.89. The van der Waals surface area contributed by atoms with Crippen molar-refractivity contribution in [3.63, 3.8) is 0 Å². The molecule has 1 aromatic heterocycles. The number of carboxylic acid groups (broad SMARTS) is 1. The summed E-state index contributed by atoms with van der Waals surface area (Å²) in [5.41, 5.74) is -0.268. The normalized spacial score (nSPS) is 11.5. The summed E-state index contributed by atoms with van der Waals surface area (Å²) in [6.45, 7) is 0.398. The molecule has 21 heavy (non-hydrogen) atoms. The Morgan fingerprint density at radius 3 is 2.81 bits per heavy atom. The SMILES string of the molecule is O=C(O)c1cc(S(=O)(=O)NCCn2ccnn2)ccc1Cl. The van der Waals surface area contributed by atoms with Gasteiger partial charge in [-0.25, -0.2) is 17.9 Å². The molecule has 0 unspecified atom stereocenters. The number of hydrogen-bond donors (Lipinski definition) is 2. The summed E-state index contributed by atoms with van der Waals surface area (Å²) in [6.07, 6.45) is 3.08. The zero-order valence-corrected chi connectivity index (χ0v) is 12.2. The van der Waals surface area contributed by atoms with E-state index in [1.54, 1.807) is 6.20 Å². The van der Waals surface area contributed by atoms with E-state index in [-0.39, 0.29) is 22.0 Å². The highest BCUT2D eigenvalue weighted by Crippen LogP contribution is 2.20. The Morgan fingerprint density at radius 1 is 1.43 bits per heavy atom. The van der Waals surface area contributed by atoms with Crippen molar-refractivity contribution in [2.75, 3.05) is 6.54 Å². The fraction of sp³-hybridized carbons (Fsp3) is 0.182. The molecule has 112 valence electrons. The number of nitrogens with zero attached hydrogens (tertiary/aromatic N) is 3. The highest BCUT2D eigenvalue weighted by atomic mass is 35.5. The van der Waals surface area contributed by atoms with Crippen molar-refractivity contribution in [2.24, 2.45) is 0 Å². The van der Waals surface area contributed by atoms with Crippen LogP contribution in [0, 0.1) is 0 Å². The molecule has 0 aliphatic rings. The van der Waals surface area contributed by atoms with E-state index in [4.69, 9.17) is 16.7 Å². The summed E-state index contributed by atoms with van der Waals surface area (Å²) in [7, 11) is -3.82. The van der Waals surface area contributed by atoms with Gasteiger partial charge in [0.1, 0.15) is 0 Å². The molecule has 0 bridgehead atoms. The first-order valence-corrected chi connectivity index (χ1v) is 7.63. The van der Waals surface area contributed by atoms with Gasteiger partial charge in [-0.15, -0.1) is 5.10 Å². The van der Waals surface area contributed by atoms with Gasteiger partial charge in [0.25, 0.3) is 0 Å². The van der Waals surface area contributed by atoms with Crippen molar-refractivity contribution in [2.45, 2.75) is 11.4 Å². The molecule has 0 aliphatic heterocycles. The zero-order valence-electron chi connectivity index (χ0n) is 10.6. The summed E-state index contributed by atoms with van der Waals surface area (Å²) >= 11 is 5.70. The first-order chi connectivity index (χ1) is 9.90. The van der Waals surface area contributed by atoms with Crippen LogP contribution >= 0.6 is 11.6 Å². The van der Waals surface area contributed by atoms with Gasteiger partial charge < -0.3 is 5.11 Å². The minimum absolute atomic E-state index is 0.0240. The molecule has 0 aliphatic carbocycles. The predicted molar refractivity (Wildman–Crippen MR) is 73.6 cm³/mol. The number of carbonyl (C=O) groups is 1. The Morgan fingerprint density at radius 2 is 2.19 bits per heavy atom. The Labute approximate surface area is 125 Å². The number of rotatable bonds is 6. The van der Waals surface area contributed by atoms with Crippen LogP contribution in [0.2, 0.25) is 5.02 Å². The van der Waals surface area contributed by atoms with Crippen LogP contribution in [0.5, 0.6) is 0 Å². The zero-order chi connectivity index (χ0) is 15.5. The first-order valence-electron chi connectivity index (χ1n) is 5.77. The maximum Gasteiger partial charge on any atom is 0.337 e. The Bertz CT molecular complexity index is 746. The van der Waals surface area contributed by atoms with Crippen molar-refractivity contribution >= 4 is 27.6 Å². The molecule has 0 saturated heterocycles. The molecule has 2 aromatic rings. The molecular formula is C11H11ClN4O4S. The van der Waals surface area contributed by atoms with Gasteiger partial charge in [-0.3, -0.25) is 4.68 Å². The Hall–Kier alpha value is -1.97. The van der Waals surface area contributed by atoms with Crippen molar-refractivity contribution in [3.8, 4) is 0 Å². The van der Waals surface area contributed by atoms with Crippen LogP contribution in [0.3, 0.4) is 0 Å². The second-order valence-electron chi connectivity index (χ2n) is 4.01. The molecule has 0 atom stereocenters. The van der Waals surface area contributed by atoms with E-state index in [9.17, 15) is 13.2 Å². The third-order valence-corrected chi connectivity index (χ3v) is 4.37. The summed E-state index contributed by atoms with van der Waals surface area (Å²) in [6, 6.07) is 3.49. The fourth-order valence-corrected chi connectivity index (χ4v) is 2.81. The van der Waals surface area contributed by atoms with Crippen molar-refractivity contribution in [3.05, 3.63) is 41.2 Å². The van der Waals surface area contributed by atoms with Gasteiger partial charge in [-0.1, -0.05) is 16.8 Å². The maximum atomic E-state index is 12.1. The number of nitrogens with one attached hydrogen (secondary N) is 1. The number of halogens is 1. The fourth-order valence-electron chi connectivity index (χ4n) is 1.57. The number of aromatic nitrogens is 3. The molecule has 2 N–H and O–H groups in total. The van der Waals surface area contributed by atoms with E-state index in [0.29, 0.717) is 6.54 Å². The second kappa shape index (κ2) is 6.20. The van der Waals surface area contributed by atoms with E-state index in [0.717, 1.165) is 6.07 Å². The van der Waals surface area contributed by atoms with Gasteiger partial charge in [-0.2, -0.15) is 0 Å². The lowest BCUT2D eigenvalue weighted by atomic mass is 10.2. The molecule has 0 amide bonds. The first kappa shape index (κ1) is 15.4. The molecule has 10 heteroatoms. The monoisotopic (exact) mass is 330 g/mol. The van der Waals surface area contributed by atoms with Crippen LogP contribution in [0.25, 0.3) is 0 Å². The number of hydrogen-bond acceptors (Lipinski definition) is 5. The second-order valence-corrected chi connectivity index (χ2v) is 6.18. The predicted octanol–water partition coefficient (Wildman–Crippen LogP) is 0.608. The Balaban J connectivity index is 2.12. The largest absolute Gasteiger partial charge is 0.478 e. The quantitative estimate of drug-likeness (QED) is 0.802. The highest BCUT2D eigenvalue weighted by Gasteiger charge is 2.18. The van der Waals surface area contributed by atoms with E-state index in [1.165, 1.54) is 23.0 Å². The molecule has 1 aromatic carbocycles. The molecule has 0 saturated carbocycles. The van der Waals surface area contributed by atoms with Gasteiger partial charge >= 0.3 is 5.97 Å². The van der Waals surface area contributed by atoms with Gasteiger partial charge in [-0.05, 0) is 18.2 Å². The summed E-state index contributed by atoms with van der Waals surface area (Å²) in [5, 5.41) is 16.2. The molecule has 0 radical (unpaired) electrons. The van der Waals surface area contributed by atoms with Gasteiger partial charge in [0.15, 0.2) is 0 Å². The maximum absolute atomic E-state index is 12.1. The summed E-state index contributed by atoms with van der Waals surface area (Å²) < 4.78 is 27.9. The van der Waals surface area contributed by atoms with Crippen molar-refractivity contribution in [1.82, 2.24) is 19.7 Å². The molecule has 8 nitrogen and oxygen atoms in total. The summed E-state index contributed by atoms with van der Waals surface area (Å²) in [5.74, 6) is -1.29. The minimum atomic E-state index is -3.82. The van der Waals surface area contributed by atoms with E-state index >= 15 is 0 Å². The standard InChI is InChI=1S/C11H11ClN4O4S/c12-10-2-1-8(7-9(10)11(17)18)21(19,20)14-4-6-16-5-3-13-15-16/h1-3,5,7,14H,4,6H2,(H,17,18). The average molecular weight is 331 g/mol. The lowest BCUT2D eigenvalue weighted by Crippen LogP contribution is -2.27. The minimum Gasteiger partial charge on any atom is -0.478 e. The van der Waals surface area contributed by atoms with Crippen LogP contribution in [0.15, 0.2) is 35.5 Å². The average Bonchev–Trinajstić information content (AvgIpc) is 2.91. The van der Waals surface area contributed by atoms with Crippen LogP contribution in [-0.4, -0.2) is 41.0 Å². The van der Waals surface area contributed by atoms with Gasteiger partial charge in [0.05, 0.1) is 28.2 Å². The number of aromatic carboxylic acids is 1. The van der Waals surface area contributed by atoms with E-state index < -0.39 is 16.0 Å². The van der Waals surface area contributed by atoms with E-state index in [2.05, 4.69) is 15.0 Å². The molecule has 2 rings (SSSR count). The molecule has 1 heterocycles. The molecule has 0 fully saturated rings. The lowest BCUT2D eigenvalue weighted by molar-refractivity contribution is 0.0697. The number of carboxylic acids is 1. The lowest BCUT2D eigenvalue weighted by Gasteiger charge is -2.08. The van der Waals surface area contributed by atoms with Crippen molar-refractivity contribution < 1.29 is 18.3 Å². The van der Waals surface area contributed by atoms with Crippen LogP contribution < -0.4 is 4.72 Å². The summed E-state index contributed by atoms with van der Waals surface area (Å²) in [4.78, 5) is 10.8. The smallest absolute Gasteiger partial charge is 0.337 e. The van der Waals surface area contributed by atoms with Gasteiger partial charge in [0, 0.05) is 12.7 Å². The van der Waals surface area contributed by atoms with Gasteiger partial charge in [0.2, 0.25) is 10.0 Å². The molecule has 0 spiro atoms. The third kappa shape index (κ3) is 3.78. The van der Waals surface area contributed by atoms with Crippen molar-refractivity contribution in [1.29, 1.82) is 0 Å². The van der Waals surface area contributed by atoms with Crippen LogP contribution in [0.4, 0.5) is 0 Å².